The third-order valence-corrected chi connectivity index (χ3v) is 7.65. The number of pyridine rings is 2. The number of aliphatic hydroxyl groups is 2. The zero-order valence-corrected chi connectivity index (χ0v) is 19.3. The maximum absolute atomic E-state index is 13.5. The number of benzene rings is 1. The lowest BCUT2D eigenvalue weighted by atomic mass is 9.86. The highest BCUT2D eigenvalue weighted by atomic mass is 16.6. The molecule has 3 aromatic rings. The van der Waals surface area contributed by atoms with E-state index < -0.39 is 24.1 Å². The number of amides is 1. The second-order valence-electron chi connectivity index (χ2n) is 9.41. The van der Waals surface area contributed by atoms with Crippen molar-refractivity contribution in [3.8, 4) is 11.4 Å². The van der Waals surface area contributed by atoms with Gasteiger partial charge in [-0.3, -0.25) is 9.59 Å². The van der Waals surface area contributed by atoms with E-state index in [1.54, 1.807) is 17.6 Å². The molecule has 1 aromatic carbocycles. The fourth-order valence-corrected chi connectivity index (χ4v) is 5.80. The minimum atomic E-state index is -1.89. The van der Waals surface area contributed by atoms with Gasteiger partial charge in [0.25, 0.3) is 5.56 Å². The quantitative estimate of drug-likeness (QED) is 0.378. The summed E-state index contributed by atoms with van der Waals surface area (Å²) in [6.07, 6.45) is 3.02. The molecule has 3 N–H and O–H groups in total. The van der Waals surface area contributed by atoms with Gasteiger partial charge in [0.2, 0.25) is 5.91 Å². The summed E-state index contributed by atoms with van der Waals surface area (Å²) < 4.78 is 6.75. The molecule has 9 nitrogen and oxygen atoms in total. The fourth-order valence-electron chi connectivity index (χ4n) is 5.80. The molecule has 0 bridgehead atoms. The predicted octanol–water partition coefficient (Wildman–Crippen LogP) is 1.18. The van der Waals surface area contributed by atoms with Crippen LogP contribution in [0.5, 0.6) is 0 Å². The fraction of sp³-hybridized carbons (Fsp3) is 0.385. The molecular formula is C26H25N3O6. The Morgan fingerprint density at radius 2 is 2.06 bits per heavy atom. The molecule has 1 aliphatic carbocycles. The summed E-state index contributed by atoms with van der Waals surface area (Å²) in [5.74, 6) is -1.24. The van der Waals surface area contributed by atoms with Crippen LogP contribution in [0.15, 0.2) is 23.0 Å². The number of carbonyl (C=O) groups is 2. The molecule has 0 spiro atoms. The number of esters is 1. The lowest BCUT2D eigenvalue weighted by Crippen LogP contribution is -2.44. The van der Waals surface area contributed by atoms with Crippen molar-refractivity contribution in [2.75, 3.05) is 6.61 Å². The first kappa shape index (κ1) is 21.9. The van der Waals surface area contributed by atoms with Crippen LogP contribution in [0.25, 0.3) is 22.3 Å². The molecule has 35 heavy (non-hydrogen) atoms. The standard InChI is InChI=1S/C26H25N3O6/c1-2-26(34)18-8-20-23-16(10-29(20)24(32)17(18)12-35-25(26)33)15(9-27-21(31)11-30)22-14-5-3-4-13(14)6-7-19(22)28-23/h6-8,30,34H,2-5,9-12H2,1H3,(H,27,31)/t26-/m0/s1. The van der Waals surface area contributed by atoms with E-state index in [2.05, 4.69) is 11.4 Å². The van der Waals surface area contributed by atoms with Gasteiger partial charge >= 0.3 is 5.97 Å². The van der Waals surface area contributed by atoms with Gasteiger partial charge in [-0.15, -0.1) is 0 Å². The zero-order chi connectivity index (χ0) is 24.5. The van der Waals surface area contributed by atoms with Gasteiger partial charge in [0.15, 0.2) is 5.60 Å². The number of aliphatic hydroxyl groups excluding tert-OH is 1. The molecule has 0 unspecified atom stereocenters. The van der Waals surface area contributed by atoms with Crippen molar-refractivity contribution in [3.05, 3.63) is 61.9 Å². The highest BCUT2D eigenvalue weighted by Gasteiger charge is 2.45. The van der Waals surface area contributed by atoms with E-state index in [0.717, 1.165) is 41.3 Å². The number of cyclic esters (lactones) is 1. The molecule has 0 saturated carbocycles. The molecular weight excluding hydrogens is 450 g/mol. The molecule has 0 radical (unpaired) electrons. The Bertz CT molecular complexity index is 1510. The number of carbonyl (C=O) groups excluding carboxylic acids is 2. The number of rotatable bonds is 4. The van der Waals surface area contributed by atoms with Crippen LogP contribution in [0.2, 0.25) is 0 Å². The zero-order valence-electron chi connectivity index (χ0n) is 19.3. The van der Waals surface area contributed by atoms with Gasteiger partial charge in [-0.25, -0.2) is 9.78 Å². The van der Waals surface area contributed by atoms with Crippen LogP contribution in [-0.2, 0) is 52.5 Å². The Hall–Kier alpha value is -3.56. The van der Waals surface area contributed by atoms with Gasteiger partial charge < -0.3 is 24.8 Å². The predicted molar refractivity (Wildman–Crippen MR) is 125 cm³/mol. The number of nitrogens with one attached hydrogen (secondary N) is 1. The Kier molecular flexibility index (Phi) is 4.84. The lowest BCUT2D eigenvalue weighted by Gasteiger charge is -2.31. The number of aryl methyl sites for hydroxylation is 2. The summed E-state index contributed by atoms with van der Waals surface area (Å²) in [6, 6.07) is 5.74. The maximum atomic E-state index is 13.5. The summed E-state index contributed by atoms with van der Waals surface area (Å²) in [7, 11) is 0. The van der Waals surface area contributed by atoms with E-state index in [1.165, 1.54) is 11.1 Å². The van der Waals surface area contributed by atoms with E-state index in [1.807, 2.05) is 6.07 Å². The average molecular weight is 476 g/mol. The summed E-state index contributed by atoms with van der Waals surface area (Å²) in [5, 5.41) is 24.1. The SMILES string of the molecule is CC[C@@]1(O)C(=O)OCc2c1cc1n(c2=O)Cc2c-1nc1ccc3c(c1c2CNC(=O)CO)CCC3. The Morgan fingerprint density at radius 3 is 2.83 bits per heavy atom. The first-order chi connectivity index (χ1) is 16.9. The topological polar surface area (TPSA) is 131 Å². The van der Waals surface area contributed by atoms with Crippen molar-refractivity contribution in [2.24, 2.45) is 0 Å². The minimum absolute atomic E-state index is 0.0737. The largest absolute Gasteiger partial charge is 0.458 e. The van der Waals surface area contributed by atoms with Gasteiger partial charge in [-0.2, -0.15) is 0 Å². The van der Waals surface area contributed by atoms with E-state index in [0.29, 0.717) is 11.4 Å². The third-order valence-electron chi connectivity index (χ3n) is 7.65. The molecule has 180 valence electrons. The van der Waals surface area contributed by atoms with Crippen LogP contribution in [0.4, 0.5) is 0 Å². The highest BCUT2D eigenvalue weighted by molar-refractivity contribution is 5.92. The van der Waals surface area contributed by atoms with Gasteiger partial charge in [-0.1, -0.05) is 13.0 Å². The molecule has 1 amide bonds. The van der Waals surface area contributed by atoms with E-state index >= 15 is 0 Å². The normalized spacial score (nSPS) is 19.7. The highest BCUT2D eigenvalue weighted by Crippen LogP contribution is 2.42. The third kappa shape index (κ3) is 3.01. The smallest absolute Gasteiger partial charge is 0.343 e. The number of nitrogens with zero attached hydrogens (tertiary/aromatic N) is 2. The Morgan fingerprint density at radius 1 is 1.23 bits per heavy atom. The Labute approximate surface area is 200 Å². The van der Waals surface area contributed by atoms with Crippen LogP contribution in [0, 0.1) is 0 Å². The first-order valence-corrected chi connectivity index (χ1v) is 11.9. The molecule has 2 aromatic heterocycles. The van der Waals surface area contributed by atoms with Crippen molar-refractivity contribution < 1.29 is 24.5 Å². The number of hydrogen-bond acceptors (Lipinski definition) is 7. The van der Waals surface area contributed by atoms with Crippen LogP contribution >= 0.6 is 0 Å². The van der Waals surface area contributed by atoms with Crippen molar-refractivity contribution in [2.45, 2.75) is 57.9 Å². The van der Waals surface area contributed by atoms with Gasteiger partial charge in [0.1, 0.15) is 13.2 Å². The molecule has 0 fully saturated rings. The molecule has 2 aliphatic heterocycles. The molecule has 6 rings (SSSR count). The van der Waals surface area contributed by atoms with Crippen molar-refractivity contribution in [1.82, 2.24) is 14.9 Å². The summed E-state index contributed by atoms with van der Waals surface area (Å²) in [4.78, 5) is 42.8. The van der Waals surface area contributed by atoms with E-state index in [4.69, 9.17) is 9.72 Å². The van der Waals surface area contributed by atoms with Crippen molar-refractivity contribution in [3.63, 3.8) is 0 Å². The molecule has 3 aliphatic rings. The number of fused-ring (bicyclic) bond motifs is 7. The van der Waals surface area contributed by atoms with E-state index in [-0.39, 0.29) is 42.8 Å². The van der Waals surface area contributed by atoms with Gasteiger partial charge in [0.05, 0.1) is 29.0 Å². The number of ether oxygens (including phenoxy) is 1. The van der Waals surface area contributed by atoms with E-state index in [9.17, 15) is 24.6 Å². The number of aromatic nitrogens is 2. The summed E-state index contributed by atoms with van der Waals surface area (Å²) in [5.41, 5.74) is 4.40. The van der Waals surface area contributed by atoms with Crippen molar-refractivity contribution in [1.29, 1.82) is 0 Å². The van der Waals surface area contributed by atoms with Crippen molar-refractivity contribution >= 4 is 22.8 Å². The van der Waals surface area contributed by atoms with Gasteiger partial charge in [-0.05, 0) is 54.5 Å². The molecule has 9 heteroatoms. The number of hydrogen-bond donors (Lipinski definition) is 3. The van der Waals surface area contributed by atoms with Crippen LogP contribution in [-0.4, -0.2) is 38.2 Å². The molecule has 0 saturated heterocycles. The minimum Gasteiger partial charge on any atom is -0.458 e. The second kappa shape index (κ2) is 7.73. The molecule has 4 heterocycles. The Balaban J connectivity index is 1.62. The van der Waals surface area contributed by atoms with Crippen LogP contribution in [0.3, 0.4) is 0 Å². The summed E-state index contributed by atoms with van der Waals surface area (Å²) in [6.45, 7) is 1.32. The van der Waals surface area contributed by atoms with Crippen LogP contribution < -0.4 is 10.9 Å². The molecule has 1 atom stereocenters. The lowest BCUT2D eigenvalue weighted by molar-refractivity contribution is -0.172. The summed E-state index contributed by atoms with van der Waals surface area (Å²) >= 11 is 0. The monoisotopic (exact) mass is 475 g/mol. The maximum Gasteiger partial charge on any atom is 0.343 e. The average Bonchev–Trinajstić information content (AvgIpc) is 3.49. The first-order valence-electron chi connectivity index (χ1n) is 11.9. The van der Waals surface area contributed by atoms with Gasteiger partial charge in [0, 0.05) is 23.1 Å². The second-order valence-corrected chi connectivity index (χ2v) is 9.41. The van der Waals surface area contributed by atoms with Crippen LogP contribution in [0.1, 0.15) is 53.1 Å².